The van der Waals surface area contributed by atoms with Gasteiger partial charge in [0.1, 0.15) is 17.3 Å². The van der Waals surface area contributed by atoms with Gasteiger partial charge >= 0.3 is 0 Å². The number of rotatable bonds is 4. The molecular weight excluding hydrogens is 326 g/mol. The molecule has 0 saturated carbocycles. The summed E-state index contributed by atoms with van der Waals surface area (Å²) in [5.41, 5.74) is 1.08. The highest BCUT2D eigenvalue weighted by Gasteiger charge is 2.21. The van der Waals surface area contributed by atoms with Crippen molar-refractivity contribution in [3.05, 3.63) is 65.7 Å². The number of amides is 2. The number of hydrogen-bond donors (Lipinski definition) is 1. The van der Waals surface area contributed by atoms with Crippen LogP contribution in [-0.4, -0.2) is 18.4 Å². The second-order valence-corrected chi connectivity index (χ2v) is 5.66. The van der Waals surface area contributed by atoms with E-state index in [-0.39, 0.29) is 5.91 Å². The summed E-state index contributed by atoms with van der Waals surface area (Å²) in [7, 11) is 0. The van der Waals surface area contributed by atoms with E-state index in [0.29, 0.717) is 13.0 Å². The van der Waals surface area contributed by atoms with E-state index in [0.717, 1.165) is 29.8 Å². The summed E-state index contributed by atoms with van der Waals surface area (Å²) in [5, 5.41) is 2.18. The largest absolute Gasteiger partial charge is 0.318 e. The van der Waals surface area contributed by atoms with Crippen molar-refractivity contribution < 1.29 is 18.4 Å². The molecule has 3 rings (SSSR count). The second kappa shape index (κ2) is 7.25. The lowest BCUT2D eigenvalue weighted by atomic mass is 10.2. The van der Waals surface area contributed by atoms with Gasteiger partial charge in [0, 0.05) is 24.7 Å². The van der Waals surface area contributed by atoms with Gasteiger partial charge in [-0.3, -0.25) is 9.59 Å². The first-order valence-electron chi connectivity index (χ1n) is 7.88. The van der Waals surface area contributed by atoms with Crippen molar-refractivity contribution in [2.75, 3.05) is 16.8 Å². The van der Waals surface area contributed by atoms with Gasteiger partial charge in [-0.15, -0.1) is 0 Å². The van der Waals surface area contributed by atoms with Crippen LogP contribution in [-0.2, 0) is 9.59 Å². The molecule has 0 unspecified atom stereocenters. The molecule has 0 aromatic heterocycles. The fourth-order valence-electron chi connectivity index (χ4n) is 2.64. The molecular formula is C19H16F2N2O2. The molecule has 128 valence electrons. The highest BCUT2D eigenvalue weighted by atomic mass is 19.1. The first kappa shape index (κ1) is 16.8. The molecule has 1 aliphatic heterocycles. The van der Waals surface area contributed by atoms with E-state index in [2.05, 4.69) is 5.32 Å². The zero-order valence-electron chi connectivity index (χ0n) is 13.3. The van der Waals surface area contributed by atoms with Crippen molar-refractivity contribution in [3.63, 3.8) is 0 Å². The molecule has 0 bridgehead atoms. The summed E-state index contributed by atoms with van der Waals surface area (Å²) in [5.74, 6) is -2.19. The van der Waals surface area contributed by atoms with Gasteiger partial charge in [0.2, 0.25) is 11.8 Å². The van der Waals surface area contributed by atoms with E-state index in [9.17, 15) is 18.4 Å². The molecule has 0 atom stereocenters. The molecule has 0 aliphatic carbocycles. The van der Waals surface area contributed by atoms with Crippen LogP contribution in [0.4, 0.5) is 20.2 Å². The van der Waals surface area contributed by atoms with E-state index in [1.165, 1.54) is 18.2 Å². The normalized spacial score (nSPS) is 14.3. The van der Waals surface area contributed by atoms with Gasteiger partial charge < -0.3 is 10.2 Å². The zero-order chi connectivity index (χ0) is 17.8. The van der Waals surface area contributed by atoms with E-state index in [1.807, 2.05) is 0 Å². The van der Waals surface area contributed by atoms with E-state index >= 15 is 0 Å². The van der Waals surface area contributed by atoms with Crippen LogP contribution in [0.2, 0.25) is 0 Å². The number of para-hydroxylation sites is 1. The molecule has 2 amide bonds. The Morgan fingerprint density at radius 2 is 1.76 bits per heavy atom. The number of anilines is 2. The Labute approximate surface area is 143 Å². The molecule has 0 radical (unpaired) electrons. The van der Waals surface area contributed by atoms with E-state index in [4.69, 9.17) is 0 Å². The topological polar surface area (TPSA) is 49.4 Å². The summed E-state index contributed by atoms with van der Waals surface area (Å²) in [6.45, 7) is 0.713. The summed E-state index contributed by atoms with van der Waals surface area (Å²) < 4.78 is 27.0. The highest BCUT2D eigenvalue weighted by molar-refractivity contribution is 6.02. The third-order valence-corrected chi connectivity index (χ3v) is 3.92. The number of nitrogens with one attached hydrogen (secondary N) is 1. The van der Waals surface area contributed by atoms with Gasteiger partial charge in [-0.1, -0.05) is 18.2 Å². The van der Waals surface area contributed by atoms with Crippen LogP contribution in [0.5, 0.6) is 0 Å². The molecule has 1 fully saturated rings. The van der Waals surface area contributed by atoms with Gasteiger partial charge in [0.25, 0.3) is 0 Å². The van der Waals surface area contributed by atoms with Crippen molar-refractivity contribution in [1.82, 2.24) is 0 Å². The van der Waals surface area contributed by atoms with Crippen molar-refractivity contribution >= 4 is 29.3 Å². The fraction of sp³-hybridized carbons (Fsp3) is 0.158. The van der Waals surface area contributed by atoms with Crippen molar-refractivity contribution in [2.45, 2.75) is 12.8 Å². The lowest BCUT2D eigenvalue weighted by molar-refractivity contribution is -0.117. The maximum absolute atomic E-state index is 13.5. The van der Waals surface area contributed by atoms with Gasteiger partial charge in [-0.2, -0.15) is 0 Å². The predicted octanol–water partition coefficient (Wildman–Crippen LogP) is 3.74. The van der Waals surface area contributed by atoms with E-state index < -0.39 is 23.2 Å². The van der Waals surface area contributed by atoms with Gasteiger partial charge in [0.15, 0.2) is 0 Å². The Kier molecular flexibility index (Phi) is 4.88. The predicted molar refractivity (Wildman–Crippen MR) is 92.1 cm³/mol. The molecule has 1 N–H and O–H groups in total. The van der Waals surface area contributed by atoms with Crippen LogP contribution in [0.25, 0.3) is 6.08 Å². The number of carbonyl (C=O) groups excluding carboxylic acids is 2. The van der Waals surface area contributed by atoms with Gasteiger partial charge in [-0.25, -0.2) is 8.78 Å². The van der Waals surface area contributed by atoms with Crippen LogP contribution in [0.1, 0.15) is 18.4 Å². The maximum Gasteiger partial charge on any atom is 0.248 e. The van der Waals surface area contributed by atoms with Gasteiger partial charge in [-0.05, 0) is 42.3 Å². The molecule has 1 aliphatic rings. The minimum Gasteiger partial charge on any atom is -0.318 e. The molecule has 6 heteroatoms. The number of carbonyl (C=O) groups is 2. The Bertz CT molecular complexity index is 812. The molecule has 0 spiro atoms. The standard InChI is InChI=1S/C19H16F2N2O2/c20-15-3-1-4-16(21)19(15)22-17(24)11-8-13-6-9-14(10-7-13)23-12-2-5-18(23)25/h1,3-4,6-11H,2,5,12H2,(H,22,24)/b11-8+. The number of hydrogen-bond acceptors (Lipinski definition) is 2. The molecule has 1 saturated heterocycles. The third-order valence-electron chi connectivity index (χ3n) is 3.92. The number of nitrogens with zero attached hydrogens (tertiary/aromatic N) is 1. The quantitative estimate of drug-likeness (QED) is 0.861. The van der Waals surface area contributed by atoms with Crippen LogP contribution in [0.3, 0.4) is 0 Å². The smallest absolute Gasteiger partial charge is 0.248 e. The monoisotopic (exact) mass is 342 g/mol. The molecule has 2 aromatic carbocycles. The highest BCUT2D eigenvalue weighted by Crippen LogP contribution is 2.22. The summed E-state index contributed by atoms with van der Waals surface area (Å²) >= 11 is 0. The molecule has 25 heavy (non-hydrogen) atoms. The average molecular weight is 342 g/mol. The SMILES string of the molecule is O=C(/C=C/c1ccc(N2CCCC2=O)cc1)Nc1c(F)cccc1F. The Morgan fingerprint density at radius 1 is 1.08 bits per heavy atom. The minimum atomic E-state index is -0.832. The summed E-state index contributed by atoms with van der Waals surface area (Å²) in [4.78, 5) is 25.2. The first-order valence-corrected chi connectivity index (χ1v) is 7.88. The minimum absolute atomic E-state index is 0.106. The summed E-state index contributed by atoms with van der Waals surface area (Å²) in [6, 6.07) is 10.5. The fourth-order valence-corrected chi connectivity index (χ4v) is 2.64. The number of halogens is 2. The van der Waals surface area contributed by atoms with E-state index in [1.54, 1.807) is 29.2 Å². The second-order valence-electron chi connectivity index (χ2n) is 5.66. The number of benzene rings is 2. The average Bonchev–Trinajstić information content (AvgIpc) is 3.03. The molecule has 4 nitrogen and oxygen atoms in total. The first-order chi connectivity index (χ1) is 12.0. The molecule has 2 aromatic rings. The third kappa shape index (κ3) is 3.91. The Morgan fingerprint density at radius 3 is 2.36 bits per heavy atom. The molecule has 1 heterocycles. The van der Waals surface area contributed by atoms with Crippen molar-refractivity contribution in [1.29, 1.82) is 0 Å². The van der Waals surface area contributed by atoms with Crippen LogP contribution < -0.4 is 10.2 Å². The Hall–Kier alpha value is -3.02. The van der Waals surface area contributed by atoms with Crippen LogP contribution in [0.15, 0.2) is 48.5 Å². The lowest BCUT2D eigenvalue weighted by Gasteiger charge is -2.15. The van der Waals surface area contributed by atoms with Crippen molar-refractivity contribution in [3.8, 4) is 0 Å². The van der Waals surface area contributed by atoms with Crippen LogP contribution >= 0.6 is 0 Å². The lowest BCUT2D eigenvalue weighted by Crippen LogP contribution is -2.23. The van der Waals surface area contributed by atoms with Crippen molar-refractivity contribution in [2.24, 2.45) is 0 Å². The maximum atomic E-state index is 13.5. The zero-order valence-corrected chi connectivity index (χ0v) is 13.3. The Balaban J connectivity index is 1.65. The van der Waals surface area contributed by atoms with Gasteiger partial charge in [0.05, 0.1) is 0 Å². The van der Waals surface area contributed by atoms with Crippen LogP contribution in [0, 0.1) is 11.6 Å². The summed E-state index contributed by atoms with van der Waals surface area (Å²) in [6.07, 6.45) is 4.15.